The van der Waals surface area contributed by atoms with Crippen LogP contribution in [0.1, 0.15) is 57.6 Å². The Morgan fingerprint density at radius 3 is 2.20 bits per heavy atom. The molecule has 1 aliphatic rings. The first-order chi connectivity index (χ1) is 11.6. The van der Waals surface area contributed by atoms with E-state index in [-0.39, 0.29) is 17.9 Å². The highest BCUT2D eigenvalue weighted by Gasteiger charge is 2.29. The molecule has 1 aromatic rings. The number of nitrogens with zero attached hydrogens (tertiary/aromatic N) is 1. The van der Waals surface area contributed by atoms with Crippen LogP contribution >= 0.6 is 0 Å². The Hall–Kier alpha value is -2.04. The largest absolute Gasteiger partial charge is 0.460 e. The van der Waals surface area contributed by atoms with Gasteiger partial charge in [0, 0.05) is 5.69 Å². The smallest absolute Gasteiger partial charge is 0.309 e. The first-order valence-electron chi connectivity index (χ1n) is 9.04. The second-order valence-electron chi connectivity index (χ2n) is 8.05. The van der Waals surface area contributed by atoms with E-state index in [1.165, 1.54) is 11.1 Å². The minimum Gasteiger partial charge on any atom is -0.460 e. The third-order valence-corrected chi connectivity index (χ3v) is 4.25. The number of anilines is 1. The number of aryl methyl sites for hydroxylation is 2. The molecule has 0 heterocycles. The lowest BCUT2D eigenvalue weighted by atomic mass is 9.86. The number of carbonyl (C=O) groups is 1. The fraction of sp³-hybridized carbons (Fsp3) is 0.600. The first-order valence-corrected chi connectivity index (χ1v) is 9.04. The van der Waals surface area contributed by atoms with Crippen molar-refractivity contribution < 1.29 is 9.53 Å². The zero-order chi connectivity index (χ0) is 18.6. The van der Waals surface area contributed by atoms with Crippen LogP contribution in [0.15, 0.2) is 23.2 Å². The van der Waals surface area contributed by atoms with Crippen molar-refractivity contribution in [1.29, 1.82) is 0 Å². The molecule has 5 heteroatoms. The fourth-order valence-corrected chi connectivity index (χ4v) is 3.25. The van der Waals surface area contributed by atoms with Crippen LogP contribution in [0.5, 0.6) is 0 Å². The predicted molar refractivity (Wildman–Crippen MR) is 103 cm³/mol. The van der Waals surface area contributed by atoms with Crippen LogP contribution < -0.4 is 11.1 Å². The van der Waals surface area contributed by atoms with Crippen molar-refractivity contribution >= 4 is 17.6 Å². The fourth-order valence-electron chi connectivity index (χ4n) is 3.25. The van der Waals surface area contributed by atoms with Gasteiger partial charge in [-0.05, 0) is 83.6 Å². The molecule has 25 heavy (non-hydrogen) atoms. The van der Waals surface area contributed by atoms with E-state index in [0.29, 0.717) is 5.96 Å². The molecule has 0 saturated heterocycles. The summed E-state index contributed by atoms with van der Waals surface area (Å²) in [6.45, 7) is 9.83. The Bertz CT molecular complexity index is 619. The Morgan fingerprint density at radius 1 is 1.12 bits per heavy atom. The number of ether oxygens (including phenoxy) is 1. The molecule has 138 valence electrons. The number of nitrogens with one attached hydrogen (secondary N) is 1. The van der Waals surface area contributed by atoms with Crippen molar-refractivity contribution in [2.75, 3.05) is 5.32 Å². The second kappa shape index (κ2) is 7.89. The van der Waals surface area contributed by atoms with Gasteiger partial charge in [0.1, 0.15) is 5.60 Å². The SMILES string of the molecule is Cc1cc(C)cc(NC(N)=NC2CCC(C(=O)OC(C)(C)C)CC2)c1. The summed E-state index contributed by atoms with van der Waals surface area (Å²) in [5.41, 5.74) is 8.97. The molecule has 1 aliphatic carbocycles. The summed E-state index contributed by atoms with van der Waals surface area (Å²) < 4.78 is 5.48. The summed E-state index contributed by atoms with van der Waals surface area (Å²) in [4.78, 5) is 16.7. The molecule has 0 radical (unpaired) electrons. The molecular formula is C20H31N3O2. The van der Waals surface area contributed by atoms with E-state index >= 15 is 0 Å². The van der Waals surface area contributed by atoms with Crippen molar-refractivity contribution in [1.82, 2.24) is 0 Å². The number of esters is 1. The molecule has 0 unspecified atom stereocenters. The van der Waals surface area contributed by atoms with Crippen molar-refractivity contribution in [3.8, 4) is 0 Å². The number of aliphatic imine (C=N–C) groups is 1. The van der Waals surface area contributed by atoms with E-state index in [4.69, 9.17) is 10.5 Å². The standard InChI is InChI=1S/C20H31N3O2/c1-13-10-14(2)12-17(11-13)23-19(21)22-16-8-6-15(7-9-16)18(24)25-20(3,4)5/h10-12,15-16H,6-9H2,1-5H3,(H3,21,22,23). The van der Waals surface area contributed by atoms with Gasteiger partial charge in [0.15, 0.2) is 5.96 Å². The van der Waals surface area contributed by atoms with E-state index in [1.807, 2.05) is 20.8 Å². The Balaban J connectivity index is 1.87. The monoisotopic (exact) mass is 345 g/mol. The van der Waals surface area contributed by atoms with Gasteiger partial charge in [0.05, 0.1) is 12.0 Å². The van der Waals surface area contributed by atoms with Gasteiger partial charge in [-0.3, -0.25) is 4.79 Å². The zero-order valence-corrected chi connectivity index (χ0v) is 16.1. The first kappa shape index (κ1) is 19.3. The predicted octanol–water partition coefficient (Wildman–Crippen LogP) is 3.93. The van der Waals surface area contributed by atoms with Crippen LogP contribution in [0.2, 0.25) is 0 Å². The molecule has 1 saturated carbocycles. The third kappa shape index (κ3) is 6.40. The Morgan fingerprint density at radius 2 is 1.68 bits per heavy atom. The lowest BCUT2D eigenvalue weighted by Gasteiger charge is -2.28. The summed E-state index contributed by atoms with van der Waals surface area (Å²) in [7, 11) is 0. The van der Waals surface area contributed by atoms with E-state index in [2.05, 4.69) is 42.4 Å². The molecular weight excluding hydrogens is 314 g/mol. The number of carbonyl (C=O) groups excluding carboxylic acids is 1. The number of benzene rings is 1. The normalized spacial score (nSPS) is 21.7. The molecule has 1 aromatic carbocycles. The van der Waals surface area contributed by atoms with Gasteiger partial charge in [0.25, 0.3) is 0 Å². The van der Waals surface area contributed by atoms with Gasteiger partial charge in [0.2, 0.25) is 0 Å². The van der Waals surface area contributed by atoms with Gasteiger partial charge >= 0.3 is 5.97 Å². The summed E-state index contributed by atoms with van der Waals surface area (Å²) in [5.74, 6) is 0.335. The Kier molecular flexibility index (Phi) is 6.09. The number of guanidine groups is 1. The second-order valence-corrected chi connectivity index (χ2v) is 8.05. The van der Waals surface area contributed by atoms with Crippen LogP contribution in [0.25, 0.3) is 0 Å². The molecule has 3 N–H and O–H groups in total. The average molecular weight is 345 g/mol. The number of nitrogens with two attached hydrogens (primary N) is 1. The molecule has 0 atom stereocenters. The lowest BCUT2D eigenvalue weighted by molar-refractivity contribution is -0.161. The van der Waals surface area contributed by atoms with Crippen LogP contribution in [0.3, 0.4) is 0 Å². The van der Waals surface area contributed by atoms with Crippen LogP contribution in [-0.2, 0) is 9.53 Å². The van der Waals surface area contributed by atoms with Crippen molar-refractivity contribution in [2.45, 2.75) is 71.9 Å². The minimum absolute atomic E-state index is 0.0146. The maximum atomic E-state index is 12.2. The van der Waals surface area contributed by atoms with Gasteiger partial charge in [-0.1, -0.05) is 6.07 Å². The third-order valence-electron chi connectivity index (χ3n) is 4.25. The van der Waals surface area contributed by atoms with Crippen LogP contribution in [-0.4, -0.2) is 23.6 Å². The molecule has 1 fully saturated rings. The molecule has 0 spiro atoms. The lowest BCUT2D eigenvalue weighted by Crippen LogP contribution is -2.32. The van der Waals surface area contributed by atoms with Crippen LogP contribution in [0.4, 0.5) is 5.69 Å². The number of hydrogen-bond acceptors (Lipinski definition) is 3. The van der Waals surface area contributed by atoms with E-state index < -0.39 is 5.60 Å². The minimum atomic E-state index is -0.424. The maximum absolute atomic E-state index is 12.2. The summed E-state index contributed by atoms with van der Waals surface area (Å²) in [6, 6.07) is 6.39. The summed E-state index contributed by atoms with van der Waals surface area (Å²) in [6.07, 6.45) is 3.33. The molecule has 2 rings (SSSR count). The summed E-state index contributed by atoms with van der Waals surface area (Å²) in [5, 5.41) is 3.17. The van der Waals surface area contributed by atoms with Crippen LogP contribution in [0, 0.1) is 19.8 Å². The van der Waals surface area contributed by atoms with Gasteiger partial charge in [-0.15, -0.1) is 0 Å². The molecule has 0 amide bonds. The highest BCUT2D eigenvalue weighted by molar-refractivity contribution is 5.92. The zero-order valence-electron chi connectivity index (χ0n) is 16.1. The quantitative estimate of drug-likeness (QED) is 0.494. The highest BCUT2D eigenvalue weighted by Crippen LogP contribution is 2.28. The number of rotatable bonds is 3. The van der Waals surface area contributed by atoms with Crippen molar-refractivity contribution in [3.63, 3.8) is 0 Å². The van der Waals surface area contributed by atoms with E-state index in [0.717, 1.165) is 31.4 Å². The van der Waals surface area contributed by atoms with Crippen molar-refractivity contribution in [2.24, 2.45) is 16.6 Å². The van der Waals surface area contributed by atoms with E-state index in [1.54, 1.807) is 0 Å². The molecule has 5 nitrogen and oxygen atoms in total. The molecule has 0 aliphatic heterocycles. The maximum Gasteiger partial charge on any atom is 0.309 e. The Labute approximate surface area is 151 Å². The van der Waals surface area contributed by atoms with Gasteiger partial charge in [-0.25, -0.2) is 4.99 Å². The molecule has 0 bridgehead atoms. The molecule has 0 aromatic heterocycles. The highest BCUT2D eigenvalue weighted by atomic mass is 16.6. The average Bonchev–Trinajstić information content (AvgIpc) is 2.44. The van der Waals surface area contributed by atoms with E-state index in [9.17, 15) is 4.79 Å². The number of hydrogen-bond donors (Lipinski definition) is 2. The topological polar surface area (TPSA) is 76.7 Å². The van der Waals surface area contributed by atoms with Crippen molar-refractivity contribution in [3.05, 3.63) is 29.3 Å². The van der Waals surface area contributed by atoms with Gasteiger partial charge < -0.3 is 15.8 Å². The van der Waals surface area contributed by atoms with Gasteiger partial charge in [-0.2, -0.15) is 0 Å². The summed E-state index contributed by atoms with van der Waals surface area (Å²) >= 11 is 0.